The zero-order valence-corrected chi connectivity index (χ0v) is 21.7. The van der Waals surface area contributed by atoms with E-state index < -0.39 is 0 Å². The average molecular weight is 522 g/mol. The summed E-state index contributed by atoms with van der Waals surface area (Å²) in [5.74, 6) is 2.06. The van der Waals surface area contributed by atoms with Gasteiger partial charge in [-0.1, -0.05) is 65.9 Å². The summed E-state index contributed by atoms with van der Waals surface area (Å²) in [6.07, 6.45) is 4.11. The van der Waals surface area contributed by atoms with Crippen molar-refractivity contribution in [2.45, 2.75) is 32.0 Å². The highest BCUT2D eigenvalue weighted by Gasteiger charge is 2.43. The van der Waals surface area contributed by atoms with Gasteiger partial charge in [-0.05, 0) is 54.1 Å². The molecule has 5 heterocycles. The fraction of sp³-hybridized carbons (Fsp3) is 0.323. The van der Waals surface area contributed by atoms with Crippen LogP contribution >= 0.6 is 0 Å². The molecule has 8 heteroatoms. The average Bonchev–Trinajstić information content (AvgIpc) is 3.66. The zero-order chi connectivity index (χ0) is 26.2. The van der Waals surface area contributed by atoms with Crippen molar-refractivity contribution in [2.24, 2.45) is 11.8 Å². The number of carbonyl (C=O) groups is 1. The molecule has 1 amide bonds. The minimum absolute atomic E-state index is 0.0263. The predicted molar refractivity (Wildman–Crippen MR) is 147 cm³/mol. The first-order valence-corrected chi connectivity index (χ1v) is 13.7. The first kappa shape index (κ1) is 23.9. The molecule has 1 unspecified atom stereocenters. The first-order valence-electron chi connectivity index (χ1n) is 13.7. The lowest BCUT2D eigenvalue weighted by Gasteiger charge is -2.49. The van der Waals surface area contributed by atoms with E-state index in [9.17, 15) is 4.79 Å². The van der Waals surface area contributed by atoms with Crippen LogP contribution in [0.3, 0.4) is 0 Å². The summed E-state index contributed by atoms with van der Waals surface area (Å²) < 4.78 is 12.8. The monoisotopic (exact) mass is 521 g/mol. The van der Waals surface area contributed by atoms with Gasteiger partial charge in [-0.25, -0.2) is 0 Å². The van der Waals surface area contributed by atoms with Crippen LogP contribution < -0.4 is 14.8 Å². The number of benzene rings is 3. The van der Waals surface area contributed by atoms with Gasteiger partial charge in [-0.3, -0.25) is 14.4 Å². The van der Waals surface area contributed by atoms with Crippen LogP contribution in [0.15, 0.2) is 79.0 Å². The minimum Gasteiger partial charge on any atom is -0.454 e. The third-order valence-electron chi connectivity index (χ3n) is 8.34. The Morgan fingerprint density at radius 2 is 1.74 bits per heavy atom. The maximum absolute atomic E-state index is 13.1. The van der Waals surface area contributed by atoms with Crippen molar-refractivity contribution >= 4 is 5.91 Å². The molecule has 8 nitrogen and oxygen atoms in total. The molecule has 8 rings (SSSR count). The van der Waals surface area contributed by atoms with Crippen molar-refractivity contribution < 1.29 is 14.3 Å². The highest BCUT2D eigenvalue weighted by atomic mass is 16.7. The Kier molecular flexibility index (Phi) is 6.25. The lowest BCUT2D eigenvalue weighted by Crippen LogP contribution is -2.57. The molecule has 0 aliphatic carbocycles. The van der Waals surface area contributed by atoms with Crippen LogP contribution in [-0.2, 0) is 17.9 Å². The van der Waals surface area contributed by atoms with Crippen molar-refractivity contribution in [3.63, 3.8) is 0 Å². The molecule has 1 N–H and O–H groups in total. The lowest BCUT2D eigenvalue weighted by molar-refractivity contribution is -0.133. The summed E-state index contributed by atoms with van der Waals surface area (Å²) in [5, 5.41) is 12.0. The summed E-state index contributed by atoms with van der Waals surface area (Å²) in [5.41, 5.74) is 5.35. The Bertz CT molecular complexity index is 1470. The predicted octanol–water partition coefficient (Wildman–Crippen LogP) is 4.37. The number of ether oxygens (including phenoxy) is 2. The van der Waals surface area contributed by atoms with Gasteiger partial charge in [-0.2, -0.15) is 0 Å². The third kappa shape index (κ3) is 4.88. The number of aromatic nitrogens is 3. The van der Waals surface area contributed by atoms with Gasteiger partial charge < -0.3 is 14.8 Å². The Morgan fingerprint density at radius 3 is 2.56 bits per heavy atom. The Balaban J connectivity index is 0.951. The fourth-order valence-corrected chi connectivity index (χ4v) is 6.20. The summed E-state index contributed by atoms with van der Waals surface area (Å²) in [4.78, 5) is 15.6. The maximum atomic E-state index is 13.1. The fourth-order valence-electron chi connectivity index (χ4n) is 6.20. The van der Waals surface area contributed by atoms with E-state index >= 15 is 0 Å². The summed E-state index contributed by atoms with van der Waals surface area (Å²) >= 11 is 0. The second-order valence-electron chi connectivity index (χ2n) is 10.7. The van der Waals surface area contributed by atoms with E-state index in [4.69, 9.17) is 9.47 Å². The van der Waals surface area contributed by atoms with Crippen molar-refractivity contribution in [3.8, 4) is 33.9 Å². The van der Waals surface area contributed by atoms with E-state index in [2.05, 4.69) is 69.1 Å². The normalized spacial score (nSPS) is 23.1. The number of carbonyl (C=O) groups excluding carboxylic acids is 1. The first-order chi connectivity index (χ1) is 19.2. The molecule has 3 aromatic carbocycles. The van der Waals surface area contributed by atoms with Crippen LogP contribution in [0.2, 0.25) is 0 Å². The van der Waals surface area contributed by atoms with Crippen molar-refractivity contribution in [1.29, 1.82) is 0 Å². The van der Waals surface area contributed by atoms with Crippen molar-refractivity contribution in [1.82, 2.24) is 25.2 Å². The summed E-state index contributed by atoms with van der Waals surface area (Å²) in [6.45, 7) is 3.37. The van der Waals surface area contributed by atoms with Crippen LogP contribution in [-0.4, -0.2) is 51.7 Å². The van der Waals surface area contributed by atoms with Crippen LogP contribution in [0, 0.1) is 11.8 Å². The summed E-state index contributed by atoms with van der Waals surface area (Å²) in [6, 6.07) is 25.0. The minimum atomic E-state index is 0.0263. The molecule has 0 radical (unpaired) electrons. The second kappa shape index (κ2) is 10.2. The maximum Gasteiger partial charge on any atom is 0.231 e. The molecular formula is C31H31N5O3. The number of hydrogen-bond acceptors (Lipinski definition) is 6. The van der Waals surface area contributed by atoms with Crippen LogP contribution in [0.5, 0.6) is 11.5 Å². The van der Waals surface area contributed by atoms with Gasteiger partial charge >= 0.3 is 0 Å². The molecule has 4 atom stereocenters. The number of piperidine rings is 3. The van der Waals surface area contributed by atoms with Crippen LogP contribution in [0.25, 0.3) is 22.4 Å². The number of nitrogens with one attached hydrogen (secondary N) is 1. The van der Waals surface area contributed by atoms with Crippen molar-refractivity contribution in [3.05, 3.63) is 84.6 Å². The van der Waals surface area contributed by atoms with Gasteiger partial charge in [0.2, 0.25) is 12.7 Å². The molecule has 3 saturated heterocycles. The number of hydrogen-bond donors (Lipinski definition) is 1. The standard InChI is InChI=1S/C31H31N5O3/c37-31(32-16-21-6-11-29-30(14-21)39-20-38-29)27-18-35-13-12-25(27)15-26(35)17-36-19-28(33-34-36)24-9-7-23(8-10-24)22-4-2-1-3-5-22/h1-11,14,19,25-27H,12-13,15-18,20H2,(H,32,37)/t25-,26-,27+/m1/s1. The Hall–Kier alpha value is -4.17. The molecule has 4 aliphatic rings. The molecule has 198 valence electrons. The number of nitrogens with zero attached hydrogens (tertiary/aromatic N) is 4. The zero-order valence-electron chi connectivity index (χ0n) is 21.7. The molecular weight excluding hydrogens is 490 g/mol. The van der Waals surface area contributed by atoms with Gasteiger partial charge in [0.15, 0.2) is 11.5 Å². The summed E-state index contributed by atoms with van der Waals surface area (Å²) in [7, 11) is 0. The second-order valence-corrected chi connectivity index (χ2v) is 10.7. The van der Waals surface area contributed by atoms with Gasteiger partial charge in [0.05, 0.1) is 18.7 Å². The molecule has 0 spiro atoms. The lowest BCUT2D eigenvalue weighted by atomic mass is 9.75. The topological polar surface area (TPSA) is 81.5 Å². The highest BCUT2D eigenvalue weighted by Crippen LogP contribution is 2.37. The van der Waals surface area contributed by atoms with E-state index in [0.717, 1.165) is 60.8 Å². The number of fused-ring (bicyclic) bond motifs is 4. The van der Waals surface area contributed by atoms with E-state index in [1.54, 1.807) is 0 Å². The van der Waals surface area contributed by atoms with Crippen molar-refractivity contribution in [2.75, 3.05) is 19.9 Å². The molecule has 1 aromatic heterocycles. The molecule has 2 bridgehead atoms. The molecule has 4 aromatic rings. The van der Waals surface area contributed by atoms with Gasteiger partial charge in [-0.15, -0.1) is 5.10 Å². The van der Waals surface area contributed by atoms with Gasteiger partial charge in [0.1, 0.15) is 5.69 Å². The smallest absolute Gasteiger partial charge is 0.231 e. The molecule has 39 heavy (non-hydrogen) atoms. The quantitative estimate of drug-likeness (QED) is 0.389. The Labute approximate surface area is 227 Å². The van der Waals surface area contributed by atoms with E-state index in [0.29, 0.717) is 18.5 Å². The van der Waals surface area contributed by atoms with Gasteiger partial charge in [0.25, 0.3) is 0 Å². The van der Waals surface area contributed by atoms with Gasteiger partial charge in [0, 0.05) is 24.7 Å². The Morgan fingerprint density at radius 1 is 0.949 bits per heavy atom. The van der Waals surface area contributed by atoms with E-state index in [1.165, 1.54) is 11.1 Å². The third-order valence-corrected chi connectivity index (χ3v) is 8.34. The SMILES string of the molecule is O=C(NCc1ccc2c(c1)OCO2)[C@H]1CN2CC[C@@H]1C[C@@H]2Cn1cc(-c2ccc(-c3ccccc3)cc2)nn1. The molecule has 0 saturated carbocycles. The van der Waals surface area contributed by atoms with Crippen LogP contribution in [0.4, 0.5) is 0 Å². The molecule has 3 fully saturated rings. The van der Waals surface area contributed by atoms with E-state index in [-0.39, 0.29) is 18.6 Å². The van der Waals surface area contributed by atoms with E-state index in [1.807, 2.05) is 35.1 Å². The number of amides is 1. The largest absolute Gasteiger partial charge is 0.454 e. The van der Waals surface area contributed by atoms with Crippen LogP contribution in [0.1, 0.15) is 18.4 Å². The highest BCUT2D eigenvalue weighted by molar-refractivity contribution is 5.79. The molecule has 4 aliphatic heterocycles. The number of rotatable bonds is 7.